The number of ether oxygens (including phenoxy) is 1. The monoisotopic (exact) mass is 506 g/mol. The minimum atomic E-state index is -1.11. The molecule has 190 valence electrons. The maximum Gasteiger partial charge on any atom is 0.341 e. The molecule has 3 rings (SSSR count). The zero-order chi connectivity index (χ0) is 25.5. The molecule has 0 spiro atoms. The molecule has 3 N–H and O–H groups in total. The first-order valence-corrected chi connectivity index (χ1v) is 12.2. The quantitative estimate of drug-likeness (QED) is 0.424. The number of carbonyl (C=O) groups excluding carboxylic acids is 1. The number of hydrogen-bond donors (Lipinski definition) is 3. The number of carboxylic acids is 1. The minimum Gasteiger partial charge on any atom is -0.482 e. The Morgan fingerprint density at radius 1 is 1.17 bits per heavy atom. The number of carbonyl (C=O) groups is 2. The lowest BCUT2D eigenvalue weighted by Crippen LogP contribution is -2.41. The summed E-state index contributed by atoms with van der Waals surface area (Å²) in [6, 6.07) is 9.43. The number of aliphatic hydroxyl groups excluding tert-OH is 1. The number of carboxylic acid groups (broad SMARTS) is 1. The van der Waals surface area contributed by atoms with E-state index in [-0.39, 0.29) is 29.2 Å². The summed E-state index contributed by atoms with van der Waals surface area (Å²) in [5.41, 5.74) is 1.44. The first-order valence-electron chi connectivity index (χ1n) is 11.8. The van der Waals surface area contributed by atoms with Crippen LogP contribution in [0.25, 0.3) is 0 Å². The van der Waals surface area contributed by atoms with Gasteiger partial charge in [0.15, 0.2) is 6.61 Å². The van der Waals surface area contributed by atoms with Crippen molar-refractivity contribution < 1.29 is 28.9 Å². The van der Waals surface area contributed by atoms with Gasteiger partial charge in [-0.15, -0.1) is 0 Å². The van der Waals surface area contributed by atoms with Crippen LogP contribution in [-0.4, -0.2) is 47.4 Å². The second-order valence-electron chi connectivity index (χ2n) is 9.33. The summed E-state index contributed by atoms with van der Waals surface area (Å²) < 4.78 is 19.6. The molecule has 1 saturated carbocycles. The average Bonchev–Trinajstić information content (AvgIpc) is 2.79. The Kier molecular flexibility index (Phi) is 9.34. The number of anilines is 2. The number of nitrogens with one attached hydrogen (secondary N) is 1. The number of aliphatic hydroxyl groups is 1. The van der Waals surface area contributed by atoms with Crippen LogP contribution in [0.2, 0.25) is 5.02 Å². The molecule has 9 heteroatoms. The molecule has 0 aliphatic heterocycles. The van der Waals surface area contributed by atoms with Crippen molar-refractivity contribution in [3.63, 3.8) is 0 Å². The number of aliphatic carboxylic acids is 1. The van der Waals surface area contributed by atoms with Crippen LogP contribution in [0.3, 0.4) is 0 Å². The molecule has 0 bridgehead atoms. The van der Waals surface area contributed by atoms with Crippen LogP contribution >= 0.6 is 11.6 Å². The summed E-state index contributed by atoms with van der Waals surface area (Å²) in [5, 5.41) is 22.1. The largest absolute Gasteiger partial charge is 0.482 e. The van der Waals surface area contributed by atoms with Gasteiger partial charge >= 0.3 is 5.97 Å². The molecular weight excluding hydrogens is 475 g/mol. The molecule has 0 saturated heterocycles. The van der Waals surface area contributed by atoms with Crippen molar-refractivity contribution in [3.05, 3.63) is 52.8 Å². The number of rotatable bonds is 10. The lowest BCUT2D eigenvalue weighted by molar-refractivity contribution is -0.139. The maximum atomic E-state index is 14.2. The van der Waals surface area contributed by atoms with E-state index in [0.29, 0.717) is 30.2 Å². The molecule has 1 fully saturated rings. The normalized spacial score (nSPS) is 17.8. The molecule has 1 aliphatic rings. The summed E-state index contributed by atoms with van der Waals surface area (Å²) in [7, 11) is 0. The Balaban J connectivity index is 1.91. The smallest absolute Gasteiger partial charge is 0.341 e. The van der Waals surface area contributed by atoms with E-state index in [4.69, 9.17) is 21.4 Å². The van der Waals surface area contributed by atoms with Crippen LogP contribution in [-0.2, 0) is 16.0 Å². The van der Waals surface area contributed by atoms with E-state index >= 15 is 0 Å². The number of amides is 1. The van der Waals surface area contributed by atoms with Gasteiger partial charge in [-0.1, -0.05) is 31.5 Å². The van der Waals surface area contributed by atoms with E-state index in [0.717, 1.165) is 31.1 Å². The zero-order valence-corrected chi connectivity index (χ0v) is 20.7. The first kappa shape index (κ1) is 26.8. The number of benzene rings is 2. The summed E-state index contributed by atoms with van der Waals surface area (Å²) in [5.74, 6) is -1.47. The van der Waals surface area contributed by atoms with Gasteiger partial charge in [0, 0.05) is 23.7 Å². The fourth-order valence-corrected chi connectivity index (χ4v) is 4.50. The van der Waals surface area contributed by atoms with Crippen molar-refractivity contribution in [2.45, 2.75) is 58.1 Å². The second kappa shape index (κ2) is 12.2. The Morgan fingerprint density at radius 2 is 1.89 bits per heavy atom. The van der Waals surface area contributed by atoms with Gasteiger partial charge in [-0.25, -0.2) is 9.18 Å². The predicted molar refractivity (Wildman–Crippen MR) is 134 cm³/mol. The van der Waals surface area contributed by atoms with Crippen molar-refractivity contribution >= 4 is 34.9 Å². The molecule has 2 aromatic rings. The van der Waals surface area contributed by atoms with E-state index in [1.807, 2.05) is 6.07 Å². The van der Waals surface area contributed by atoms with Crippen molar-refractivity contribution in [1.29, 1.82) is 0 Å². The lowest BCUT2D eigenvalue weighted by Gasteiger charge is -2.39. The van der Waals surface area contributed by atoms with Crippen LogP contribution < -0.4 is 15.0 Å². The highest BCUT2D eigenvalue weighted by Crippen LogP contribution is 2.36. The lowest BCUT2D eigenvalue weighted by atomic mass is 9.91. The van der Waals surface area contributed by atoms with Gasteiger partial charge in [-0.2, -0.15) is 0 Å². The standard InChI is InChI=1S/C26H32ClFN2O5/c1-16(2)14-30(19-5-7-20(31)8-6-19)24-10-9-21(35-15-26(33)34)13-23(24)29-25(32)11-17-3-4-18(27)12-22(17)28/h3-4,9-10,12-13,16,19-20,31H,5-8,11,14-15H2,1-2H3,(H,29,32)(H,33,34). The number of nitrogens with zero attached hydrogens (tertiary/aromatic N) is 1. The third kappa shape index (κ3) is 7.83. The minimum absolute atomic E-state index is 0.177. The van der Waals surface area contributed by atoms with Gasteiger partial charge in [-0.05, 0) is 61.4 Å². The third-order valence-electron chi connectivity index (χ3n) is 5.95. The highest BCUT2D eigenvalue weighted by Gasteiger charge is 2.27. The summed E-state index contributed by atoms with van der Waals surface area (Å²) in [6.07, 6.45) is 2.55. The molecule has 7 nitrogen and oxygen atoms in total. The Labute approximate surface area is 209 Å². The van der Waals surface area contributed by atoms with Crippen molar-refractivity contribution in [3.8, 4) is 5.75 Å². The average molecular weight is 507 g/mol. The van der Waals surface area contributed by atoms with E-state index < -0.39 is 24.3 Å². The van der Waals surface area contributed by atoms with E-state index in [1.54, 1.807) is 12.1 Å². The fourth-order valence-electron chi connectivity index (χ4n) is 4.34. The molecule has 1 amide bonds. The molecule has 1 aliphatic carbocycles. The van der Waals surface area contributed by atoms with Crippen LogP contribution in [0.15, 0.2) is 36.4 Å². The second-order valence-corrected chi connectivity index (χ2v) is 9.77. The fraction of sp³-hybridized carbons (Fsp3) is 0.462. The Hall–Kier alpha value is -2.84. The third-order valence-corrected chi connectivity index (χ3v) is 6.18. The molecule has 0 radical (unpaired) electrons. The Bertz CT molecular complexity index is 1040. The topological polar surface area (TPSA) is 99.1 Å². The van der Waals surface area contributed by atoms with Crippen molar-refractivity contribution in [2.24, 2.45) is 5.92 Å². The van der Waals surface area contributed by atoms with E-state index in [1.165, 1.54) is 12.1 Å². The Morgan fingerprint density at radius 3 is 2.51 bits per heavy atom. The maximum absolute atomic E-state index is 14.2. The first-order chi connectivity index (χ1) is 16.6. The van der Waals surface area contributed by atoms with Gasteiger partial charge in [0.1, 0.15) is 11.6 Å². The van der Waals surface area contributed by atoms with E-state index in [2.05, 4.69) is 24.1 Å². The van der Waals surface area contributed by atoms with Crippen LogP contribution in [0.1, 0.15) is 45.1 Å². The highest BCUT2D eigenvalue weighted by molar-refractivity contribution is 6.30. The van der Waals surface area contributed by atoms with Crippen molar-refractivity contribution in [1.82, 2.24) is 0 Å². The van der Waals surface area contributed by atoms with Crippen LogP contribution in [0.4, 0.5) is 15.8 Å². The van der Waals surface area contributed by atoms with Crippen LogP contribution in [0, 0.1) is 11.7 Å². The molecule has 0 atom stereocenters. The summed E-state index contributed by atoms with van der Waals surface area (Å²) in [6.45, 7) is 4.43. The zero-order valence-electron chi connectivity index (χ0n) is 20.0. The summed E-state index contributed by atoms with van der Waals surface area (Å²) in [4.78, 5) is 26.1. The predicted octanol–water partition coefficient (Wildman–Crippen LogP) is 4.89. The molecule has 0 aromatic heterocycles. The molecule has 35 heavy (non-hydrogen) atoms. The molecule has 0 unspecified atom stereocenters. The van der Waals surface area contributed by atoms with E-state index in [9.17, 15) is 19.1 Å². The van der Waals surface area contributed by atoms with Gasteiger partial charge in [0.25, 0.3) is 0 Å². The highest BCUT2D eigenvalue weighted by atomic mass is 35.5. The summed E-state index contributed by atoms with van der Waals surface area (Å²) >= 11 is 5.82. The SMILES string of the molecule is CC(C)CN(c1ccc(OCC(=O)O)cc1NC(=O)Cc1ccc(Cl)cc1F)C1CCC(O)CC1. The van der Waals surface area contributed by atoms with Crippen molar-refractivity contribution in [2.75, 3.05) is 23.4 Å². The molecule has 2 aromatic carbocycles. The molecular formula is C26H32ClFN2O5. The van der Waals surface area contributed by atoms with Gasteiger partial charge in [-0.3, -0.25) is 4.79 Å². The molecule has 0 heterocycles. The number of halogens is 2. The van der Waals surface area contributed by atoms with Gasteiger partial charge < -0.3 is 25.2 Å². The van der Waals surface area contributed by atoms with Gasteiger partial charge in [0.05, 0.1) is 23.9 Å². The van der Waals surface area contributed by atoms with Gasteiger partial charge in [0.2, 0.25) is 5.91 Å². The number of hydrogen-bond acceptors (Lipinski definition) is 5. The van der Waals surface area contributed by atoms with Crippen LogP contribution in [0.5, 0.6) is 5.75 Å².